The molecule has 0 unspecified atom stereocenters. The molecule has 150 valence electrons. The van der Waals surface area contributed by atoms with E-state index in [1.54, 1.807) is 18.0 Å². The second kappa shape index (κ2) is 7.52. The van der Waals surface area contributed by atoms with E-state index in [1.165, 1.54) is 0 Å². The maximum absolute atomic E-state index is 13.4. The van der Waals surface area contributed by atoms with E-state index < -0.39 is 24.2 Å². The summed E-state index contributed by atoms with van der Waals surface area (Å²) < 4.78 is 45.3. The van der Waals surface area contributed by atoms with Crippen LogP contribution >= 0.6 is 11.8 Å². The molecule has 1 aliphatic heterocycles. The van der Waals surface area contributed by atoms with Gasteiger partial charge in [0.1, 0.15) is 6.10 Å². The molecule has 1 aliphatic carbocycles. The molecule has 2 fully saturated rings. The molecule has 2 aliphatic rings. The molecule has 0 radical (unpaired) electrons. The van der Waals surface area contributed by atoms with E-state index >= 15 is 0 Å². The van der Waals surface area contributed by atoms with Crippen LogP contribution in [0.25, 0.3) is 0 Å². The summed E-state index contributed by atoms with van der Waals surface area (Å²) in [4.78, 5) is 4.48. The summed E-state index contributed by atoms with van der Waals surface area (Å²) in [5, 5.41) is 0. The summed E-state index contributed by atoms with van der Waals surface area (Å²) in [7, 11) is -0.593. The first-order valence-corrected chi connectivity index (χ1v) is 10.8. The van der Waals surface area contributed by atoms with E-state index in [9.17, 15) is 8.78 Å². The fourth-order valence-electron chi connectivity index (χ4n) is 3.29. The molecule has 0 bridgehead atoms. The number of alkyl halides is 2. The van der Waals surface area contributed by atoms with Crippen molar-refractivity contribution in [3.05, 3.63) is 17.8 Å². The van der Waals surface area contributed by atoms with Crippen molar-refractivity contribution in [2.75, 3.05) is 6.26 Å². The van der Waals surface area contributed by atoms with Crippen LogP contribution in [0, 0.1) is 0 Å². The zero-order valence-corrected chi connectivity index (χ0v) is 17.5. The fraction of sp³-hybridized carbons (Fsp3) is 0.737. The molecule has 8 heteroatoms. The summed E-state index contributed by atoms with van der Waals surface area (Å²) in [6.45, 7) is 7.98. The van der Waals surface area contributed by atoms with Crippen molar-refractivity contribution < 1.29 is 22.8 Å². The monoisotopic (exact) mass is 399 g/mol. The SMILES string of the molecule is CSCc1cnc(OC2CCC(F)(F)CC2)c(B2OC(C)(C)C(C)(C)O2)c1. The maximum atomic E-state index is 13.4. The van der Waals surface area contributed by atoms with Crippen molar-refractivity contribution in [2.24, 2.45) is 0 Å². The molecule has 1 aromatic rings. The zero-order chi connectivity index (χ0) is 19.9. The second-order valence-electron chi connectivity index (χ2n) is 8.43. The quantitative estimate of drug-likeness (QED) is 0.695. The van der Waals surface area contributed by atoms with Gasteiger partial charge in [0.25, 0.3) is 0 Å². The van der Waals surface area contributed by atoms with Gasteiger partial charge in [0.15, 0.2) is 0 Å². The molecule has 1 saturated heterocycles. The van der Waals surface area contributed by atoms with Gasteiger partial charge in [0, 0.05) is 30.3 Å². The molecule has 27 heavy (non-hydrogen) atoms. The van der Waals surface area contributed by atoms with Crippen LogP contribution in [0.15, 0.2) is 12.3 Å². The number of aromatic nitrogens is 1. The molecule has 3 rings (SSSR count). The molecule has 4 nitrogen and oxygen atoms in total. The van der Waals surface area contributed by atoms with Crippen LogP contribution in [-0.4, -0.2) is 41.6 Å². The highest BCUT2D eigenvalue weighted by Crippen LogP contribution is 2.38. The van der Waals surface area contributed by atoms with Crippen molar-refractivity contribution in [2.45, 2.75) is 82.4 Å². The Hall–Kier alpha value is -0.855. The Morgan fingerprint density at radius 2 is 1.78 bits per heavy atom. The van der Waals surface area contributed by atoms with Crippen LogP contribution in [0.5, 0.6) is 5.88 Å². The number of halogens is 2. The van der Waals surface area contributed by atoms with Gasteiger partial charge in [-0.25, -0.2) is 13.8 Å². The zero-order valence-electron chi connectivity index (χ0n) is 16.7. The standard InChI is InChI=1S/C19H28BF2NO3S/c1-17(2)18(3,4)26-20(25-17)15-10-13(12-27-5)11-23-16(15)24-14-6-8-19(21,22)9-7-14/h10-11,14H,6-9,12H2,1-5H3. The lowest BCUT2D eigenvalue weighted by molar-refractivity contribution is -0.0587. The third-order valence-corrected chi connectivity index (χ3v) is 6.32. The fourth-order valence-corrected chi connectivity index (χ4v) is 3.78. The predicted molar refractivity (Wildman–Crippen MR) is 105 cm³/mol. The molecule has 0 atom stereocenters. The van der Waals surface area contributed by atoms with Gasteiger partial charge >= 0.3 is 7.12 Å². The molecule has 0 N–H and O–H groups in total. The second-order valence-corrected chi connectivity index (χ2v) is 9.30. The van der Waals surface area contributed by atoms with Crippen LogP contribution in [0.1, 0.15) is 58.9 Å². The number of rotatable bonds is 5. The summed E-state index contributed by atoms with van der Waals surface area (Å²) >= 11 is 1.70. The third kappa shape index (κ3) is 4.59. The number of nitrogens with zero attached hydrogens (tertiary/aromatic N) is 1. The van der Waals surface area contributed by atoms with Gasteiger partial charge < -0.3 is 14.0 Å². The lowest BCUT2D eigenvalue weighted by atomic mass is 9.79. The third-order valence-electron chi connectivity index (χ3n) is 5.70. The number of thioether (sulfide) groups is 1. The Morgan fingerprint density at radius 1 is 1.19 bits per heavy atom. The molecule has 1 aromatic heterocycles. The van der Waals surface area contributed by atoms with Gasteiger partial charge in [-0.3, -0.25) is 0 Å². The average molecular weight is 399 g/mol. The minimum Gasteiger partial charge on any atom is -0.475 e. The summed E-state index contributed by atoms with van der Waals surface area (Å²) in [5.74, 6) is -1.34. The largest absolute Gasteiger partial charge is 0.500 e. The number of hydrogen-bond donors (Lipinski definition) is 0. The van der Waals surface area contributed by atoms with Gasteiger partial charge in [0.2, 0.25) is 11.8 Å². The van der Waals surface area contributed by atoms with E-state index in [1.807, 2.05) is 40.0 Å². The Bertz CT molecular complexity index is 661. The van der Waals surface area contributed by atoms with Crippen LogP contribution in [0.2, 0.25) is 0 Å². The lowest BCUT2D eigenvalue weighted by Crippen LogP contribution is -2.41. The summed E-state index contributed by atoms with van der Waals surface area (Å²) in [6.07, 6.45) is 3.90. The Labute approximate surface area is 164 Å². The van der Waals surface area contributed by atoms with E-state index in [-0.39, 0.29) is 18.9 Å². The minimum absolute atomic E-state index is 0.145. The number of hydrogen-bond acceptors (Lipinski definition) is 5. The van der Waals surface area contributed by atoms with Gasteiger partial charge in [-0.1, -0.05) is 6.07 Å². The van der Waals surface area contributed by atoms with E-state index in [2.05, 4.69) is 4.98 Å². The van der Waals surface area contributed by atoms with Crippen molar-refractivity contribution in [1.29, 1.82) is 0 Å². The first-order chi connectivity index (χ1) is 12.5. The van der Waals surface area contributed by atoms with Crippen LogP contribution in [0.4, 0.5) is 8.78 Å². The highest BCUT2D eigenvalue weighted by molar-refractivity contribution is 7.97. The van der Waals surface area contributed by atoms with E-state index in [0.717, 1.165) is 16.8 Å². The van der Waals surface area contributed by atoms with Gasteiger partial charge in [0.05, 0.1) is 11.2 Å². The van der Waals surface area contributed by atoms with Gasteiger partial charge in [-0.15, -0.1) is 0 Å². The molecule has 0 amide bonds. The van der Waals surface area contributed by atoms with Gasteiger partial charge in [-0.2, -0.15) is 11.8 Å². The predicted octanol–water partition coefficient (Wildman–Crippen LogP) is 4.20. The average Bonchev–Trinajstić information content (AvgIpc) is 2.79. The molecule has 2 heterocycles. The molecular weight excluding hydrogens is 371 g/mol. The molecular formula is C19H28BF2NO3S. The van der Waals surface area contributed by atoms with Crippen molar-refractivity contribution in [1.82, 2.24) is 4.98 Å². The summed E-state index contributed by atoms with van der Waals surface area (Å²) in [5.41, 5.74) is 0.835. The normalized spacial score (nSPS) is 24.2. The first-order valence-electron chi connectivity index (χ1n) is 9.41. The lowest BCUT2D eigenvalue weighted by Gasteiger charge is -2.32. The summed E-state index contributed by atoms with van der Waals surface area (Å²) in [6, 6.07) is 2.00. The molecule has 0 aromatic carbocycles. The van der Waals surface area contributed by atoms with E-state index in [4.69, 9.17) is 14.0 Å². The molecule has 0 spiro atoms. The van der Waals surface area contributed by atoms with Crippen LogP contribution in [-0.2, 0) is 15.1 Å². The smallest absolute Gasteiger partial charge is 0.475 e. The first kappa shape index (κ1) is 20.9. The van der Waals surface area contributed by atoms with E-state index in [0.29, 0.717) is 18.7 Å². The topological polar surface area (TPSA) is 40.6 Å². The molecule has 1 saturated carbocycles. The number of ether oxygens (including phenoxy) is 1. The van der Waals surface area contributed by atoms with Crippen molar-refractivity contribution in [3.63, 3.8) is 0 Å². The Morgan fingerprint density at radius 3 is 2.33 bits per heavy atom. The maximum Gasteiger partial charge on any atom is 0.500 e. The Kier molecular flexibility index (Phi) is 5.81. The van der Waals surface area contributed by atoms with Crippen LogP contribution < -0.4 is 10.2 Å². The Balaban J connectivity index is 1.84. The highest BCUT2D eigenvalue weighted by Gasteiger charge is 2.53. The van der Waals surface area contributed by atoms with Crippen LogP contribution in [0.3, 0.4) is 0 Å². The number of pyridine rings is 1. The van der Waals surface area contributed by atoms with Gasteiger partial charge in [-0.05, 0) is 52.4 Å². The van der Waals surface area contributed by atoms with Crippen molar-refractivity contribution >= 4 is 24.3 Å². The highest BCUT2D eigenvalue weighted by atomic mass is 32.2. The van der Waals surface area contributed by atoms with Crippen molar-refractivity contribution in [3.8, 4) is 5.88 Å². The minimum atomic E-state index is -2.58.